The fourth-order valence-electron chi connectivity index (χ4n) is 4.04. The molecule has 0 saturated carbocycles. The maximum absolute atomic E-state index is 13.5. The molecule has 196 valence electrons. The van der Waals surface area contributed by atoms with Crippen LogP contribution in [-0.2, 0) is 16.1 Å². The van der Waals surface area contributed by atoms with E-state index in [1.54, 1.807) is 36.3 Å². The Morgan fingerprint density at radius 3 is 2.53 bits per heavy atom. The number of carbonyl (C=O) groups excluding carboxylic acids is 2. The number of nitrogens with zero attached hydrogens (tertiary/aromatic N) is 2. The van der Waals surface area contributed by atoms with Crippen molar-refractivity contribution in [2.75, 3.05) is 25.8 Å². The maximum atomic E-state index is 13.5. The number of thioether (sulfide) groups is 1. The molecule has 10 heteroatoms. The summed E-state index contributed by atoms with van der Waals surface area (Å²) in [4.78, 5) is 32.7. The average Bonchev–Trinajstić information content (AvgIpc) is 3.50. The third-order valence-corrected chi connectivity index (χ3v) is 7.09. The summed E-state index contributed by atoms with van der Waals surface area (Å²) in [6, 6.07) is 20.0. The van der Waals surface area contributed by atoms with Gasteiger partial charge in [-0.3, -0.25) is 14.5 Å². The number of fused-ring (bicyclic) bond motifs is 1. The number of aliphatic imine (C=N–C) groups is 1. The van der Waals surface area contributed by atoms with Gasteiger partial charge in [-0.05, 0) is 73.2 Å². The second-order valence-corrected chi connectivity index (χ2v) is 9.69. The van der Waals surface area contributed by atoms with Crippen LogP contribution in [0.3, 0.4) is 0 Å². The van der Waals surface area contributed by atoms with Gasteiger partial charge in [0.1, 0.15) is 16.7 Å². The van der Waals surface area contributed by atoms with E-state index in [4.69, 9.17) is 23.9 Å². The minimum absolute atomic E-state index is 0.00990. The Kier molecular flexibility index (Phi) is 7.69. The van der Waals surface area contributed by atoms with Crippen LogP contribution in [0, 0.1) is 0 Å². The number of amides is 2. The zero-order chi connectivity index (χ0) is 26.5. The summed E-state index contributed by atoms with van der Waals surface area (Å²) in [6.45, 7) is 2.94. The smallest absolute Gasteiger partial charge is 0.242 e. The topological polar surface area (TPSA) is 98.7 Å². The van der Waals surface area contributed by atoms with Gasteiger partial charge >= 0.3 is 0 Å². The molecule has 3 aromatic rings. The Hall–Kier alpha value is -4.18. The molecule has 38 heavy (non-hydrogen) atoms. The minimum atomic E-state index is -0.608. The molecule has 0 radical (unpaired) electrons. The SMILES string of the molecule is CCOc1ccc(NC(=O)CC2SC(=Nc3ccc(OC)cc3)N(Cc3ccc4c(c3)OCO4)C2=O)cc1. The first-order valence-electron chi connectivity index (χ1n) is 12.1. The third-order valence-electron chi connectivity index (χ3n) is 5.91. The highest BCUT2D eigenvalue weighted by Gasteiger charge is 2.39. The molecule has 1 fully saturated rings. The fourth-order valence-corrected chi connectivity index (χ4v) is 5.20. The molecule has 1 N–H and O–H groups in total. The van der Waals surface area contributed by atoms with E-state index in [0.717, 1.165) is 11.3 Å². The molecule has 2 aliphatic heterocycles. The van der Waals surface area contributed by atoms with Gasteiger partial charge in [-0.2, -0.15) is 0 Å². The van der Waals surface area contributed by atoms with Crippen LogP contribution in [0.5, 0.6) is 23.0 Å². The number of ether oxygens (including phenoxy) is 4. The first-order valence-corrected chi connectivity index (χ1v) is 13.0. The highest BCUT2D eigenvalue weighted by Crippen LogP contribution is 2.36. The van der Waals surface area contributed by atoms with Crippen molar-refractivity contribution in [3.8, 4) is 23.0 Å². The van der Waals surface area contributed by atoms with E-state index in [9.17, 15) is 9.59 Å². The van der Waals surface area contributed by atoms with E-state index in [1.165, 1.54) is 11.8 Å². The number of anilines is 1. The predicted octanol–water partition coefficient (Wildman–Crippen LogP) is 4.98. The molecule has 2 amide bonds. The monoisotopic (exact) mass is 533 g/mol. The number of rotatable bonds is 9. The number of hydrogen-bond acceptors (Lipinski definition) is 8. The van der Waals surface area contributed by atoms with Gasteiger partial charge in [0, 0.05) is 12.1 Å². The summed E-state index contributed by atoms with van der Waals surface area (Å²) >= 11 is 1.28. The number of hydrogen-bond donors (Lipinski definition) is 1. The molecule has 1 unspecified atom stereocenters. The van der Waals surface area contributed by atoms with Crippen molar-refractivity contribution < 1.29 is 28.5 Å². The molecule has 0 spiro atoms. The quantitative estimate of drug-likeness (QED) is 0.414. The second kappa shape index (κ2) is 11.5. The molecular formula is C28H27N3O6S. The van der Waals surface area contributed by atoms with Gasteiger partial charge in [-0.25, -0.2) is 4.99 Å². The van der Waals surface area contributed by atoms with E-state index in [-0.39, 0.29) is 31.6 Å². The number of amidine groups is 1. The summed E-state index contributed by atoms with van der Waals surface area (Å²) in [5, 5.41) is 2.78. The number of methoxy groups -OCH3 is 1. The summed E-state index contributed by atoms with van der Waals surface area (Å²) < 4.78 is 21.6. The molecule has 0 aromatic heterocycles. The van der Waals surface area contributed by atoms with E-state index in [1.807, 2.05) is 49.4 Å². The third kappa shape index (κ3) is 5.86. The number of benzene rings is 3. The average molecular weight is 534 g/mol. The Morgan fingerprint density at radius 2 is 1.79 bits per heavy atom. The van der Waals surface area contributed by atoms with Crippen molar-refractivity contribution >= 4 is 40.1 Å². The highest BCUT2D eigenvalue weighted by atomic mass is 32.2. The van der Waals surface area contributed by atoms with E-state index in [0.29, 0.717) is 40.4 Å². The van der Waals surface area contributed by atoms with E-state index >= 15 is 0 Å². The summed E-state index contributed by atoms with van der Waals surface area (Å²) in [5.74, 6) is 2.32. The summed E-state index contributed by atoms with van der Waals surface area (Å²) in [7, 11) is 1.60. The maximum Gasteiger partial charge on any atom is 0.242 e. The van der Waals surface area contributed by atoms with Gasteiger partial charge < -0.3 is 24.3 Å². The van der Waals surface area contributed by atoms with Gasteiger partial charge in [0.25, 0.3) is 0 Å². The standard InChI is InChI=1S/C28H27N3O6S/c1-3-35-22-11-7-19(8-12-22)29-26(32)15-25-27(33)31(16-18-4-13-23-24(14-18)37-17-36-23)28(38-25)30-20-5-9-21(34-2)10-6-20/h4-14,25H,3,15-17H2,1-2H3,(H,29,32). The van der Waals surface area contributed by atoms with Crippen LogP contribution in [0.25, 0.3) is 0 Å². The van der Waals surface area contributed by atoms with Crippen molar-refractivity contribution in [1.29, 1.82) is 0 Å². The first-order chi connectivity index (χ1) is 18.5. The molecule has 0 aliphatic carbocycles. The zero-order valence-electron chi connectivity index (χ0n) is 21.0. The van der Waals surface area contributed by atoms with Crippen LogP contribution in [0.4, 0.5) is 11.4 Å². The Bertz CT molecular complexity index is 1340. The Balaban J connectivity index is 1.33. The van der Waals surface area contributed by atoms with Crippen LogP contribution in [0.15, 0.2) is 71.7 Å². The molecule has 0 bridgehead atoms. The first kappa shape index (κ1) is 25.5. The largest absolute Gasteiger partial charge is 0.497 e. The van der Waals surface area contributed by atoms with Gasteiger partial charge in [0.05, 0.1) is 25.9 Å². The van der Waals surface area contributed by atoms with Crippen LogP contribution in [0.2, 0.25) is 0 Å². The van der Waals surface area contributed by atoms with E-state index < -0.39 is 5.25 Å². The molecule has 1 atom stereocenters. The van der Waals surface area contributed by atoms with Crippen LogP contribution in [-0.4, -0.2) is 47.6 Å². The zero-order valence-corrected chi connectivity index (χ0v) is 21.8. The van der Waals surface area contributed by atoms with Crippen molar-refractivity contribution in [2.45, 2.75) is 25.1 Å². The number of carbonyl (C=O) groups is 2. The second-order valence-electron chi connectivity index (χ2n) is 8.52. The van der Waals surface area contributed by atoms with Crippen molar-refractivity contribution in [1.82, 2.24) is 4.90 Å². The molecule has 2 aliphatic rings. The lowest BCUT2D eigenvalue weighted by atomic mass is 10.1. The summed E-state index contributed by atoms with van der Waals surface area (Å²) in [5.41, 5.74) is 2.18. The minimum Gasteiger partial charge on any atom is -0.497 e. The van der Waals surface area contributed by atoms with Gasteiger partial charge in [-0.1, -0.05) is 17.8 Å². The molecule has 5 rings (SSSR count). The van der Waals surface area contributed by atoms with Gasteiger partial charge in [-0.15, -0.1) is 0 Å². The molecular weight excluding hydrogens is 506 g/mol. The molecule has 1 saturated heterocycles. The van der Waals surface area contributed by atoms with Crippen molar-refractivity contribution in [3.63, 3.8) is 0 Å². The van der Waals surface area contributed by atoms with Crippen molar-refractivity contribution in [3.05, 3.63) is 72.3 Å². The lowest BCUT2D eigenvalue weighted by molar-refractivity contribution is -0.128. The van der Waals surface area contributed by atoms with Crippen LogP contribution >= 0.6 is 11.8 Å². The van der Waals surface area contributed by atoms with Gasteiger partial charge in [0.2, 0.25) is 18.6 Å². The summed E-state index contributed by atoms with van der Waals surface area (Å²) in [6.07, 6.45) is 0.00990. The lowest BCUT2D eigenvalue weighted by Gasteiger charge is -2.17. The molecule has 9 nitrogen and oxygen atoms in total. The lowest BCUT2D eigenvalue weighted by Crippen LogP contribution is -2.33. The van der Waals surface area contributed by atoms with Crippen LogP contribution < -0.4 is 24.3 Å². The fraction of sp³-hybridized carbons (Fsp3) is 0.250. The van der Waals surface area contributed by atoms with E-state index in [2.05, 4.69) is 5.32 Å². The molecule has 2 heterocycles. The van der Waals surface area contributed by atoms with Crippen LogP contribution in [0.1, 0.15) is 18.9 Å². The number of nitrogens with one attached hydrogen (secondary N) is 1. The normalized spacial score (nSPS) is 17.1. The Labute approximate surface area is 224 Å². The predicted molar refractivity (Wildman–Crippen MR) is 145 cm³/mol. The Morgan fingerprint density at radius 1 is 1.05 bits per heavy atom. The van der Waals surface area contributed by atoms with Crippen molar-refractivity contribution in [2.24, 2.45) is 4.99 Å². The van der Waals surface area contributed by atoms with Gasteiger partial charge in [0.15, 0.2) is 16.7 Å². The highest BCUT2D eigenvalue weighted by molar-refractivity contribution is 8.15. The molecule has 3 aromatic carbocycles.